The molecule has 1 rings (SSSR count). The molecular weight excluding hydrogens is 253 g/mol. The first-order valence-corrected chi connectivity index (χ1v) is 5.30. The molecule has 1 aromatic rings. The van der Waals surface area contributed by atoms with Crippen molar-refractivity contribution in [1.82, 2.24) is 0 Å². The maximum absolute atomic E-state index is 12.4. The van der Waals surface area contributed by atoms with Crippen LogP contribution in [0.15, 0.2) is 23.2 Å². The van der Waals surface area contributed by atoms with E-state index in [9.17, 15) is 13.2 Å². The van der Waals surface area contributed by atoms with Gasteiger partial charge in [0, 0.05) is 5.92 Å². The van der Waals surface area contributed by atoms with E-state index in [1.807, 2.05) is 13.8 Å². The van der Waals surface area contributed by atoms with E-state index in [1.54, 1.807) is 0 Å². The molecule has 1 aromatic carbocycles. The van der Waals surface area contributed by atoms with E-state index < -0.39 is 11.7 Å². The highest BCUT2D eigenvalue weighted by Gasteiger charge is 2.30. The molecule has 0 aliphatic carbocycles. The van der Waals surface area contributed by atoms with Crippen LogP contribution in [0.4, 0.5) is 18.9 Å². The van der Waals surface area contributed by atoms with Gasteiger partial charge in [-0.15, -0.1) is 0 Å². The van der Waals surface area contributed by atoms with Crippen molar-refractivity contribution in [2.24, 2.45) is 16.6 Å². The van der Waals surface area contributed by atoms with Crippen molar-refractivity contribution in [3.63, 3.8) is 0 Å². The van der Waals surface area contributed by atoms with Crippen LogP contribution in [0.1, 0.15) is 19.4 Å². The van der Waals surface area contributed by atoms with Gasteiger partial charge in [0.15, 0.2) is 0 Å². The summed E-state index contributed by atoms with van der Waals surface area (Å²) in [5.74, 6) is 0.333. The number of halogens is 4. The molecule has 2 N–H and O–H groups in total. The lowest BCUT2D eigenvalue weighted by Gasteiger charge is -2.09. The Balaban J connectivity index is 3.11. The Morgan fingerprint density at radius 2 is 1.94 bits per heavy atom. The molecule has 0 fully saturated rings. The highest BCUT2D eigenvalue weighted by Crippen LogP contribution is 2.34. The molecule has 0 heterocycles. The summed E-state index contributed by atoms with van der Waals surface area (Å²) in [6.45, 7) is 3.66. The predicted octanol–water partition coefficient (Wildman–Crippen LogP) is 4.00. The van der Waals surface area contributed by atoms with Crippen molar-refractivity contribution in [2.75, 3.05) is 0 Å². The van der Waals surface area contributed by atoms with E-state index in [4.69, 9.17) is 17.3 Å². The third kappa shape index (κ3) is 3.63. The molecule has 6 heteroatoms. The summed E-state index contributed by atoms with van der Waals surface area (Å²) >= 11 is 5.72. The molecule has 0 aromatic heterocycles. The van der Waals surface area contributed by atoms with Crippen LogP contribution in [0.25, 0.3) is 0 Å². The lowest BCUT2D eigenvalue weighted by atomic mass is 10.2. The molecular formula is C11H12ClF3N2. The van der Waals surface area contributed by atoms with Crippen molar-refractivity contribution in [3.8, 4) is 0 Å². The average Bonchev–Trinajstić information content (AvgIpc) is 2.19. The van der Waals surface area contributed by atoms with Gasteiger partial charge >= 0.3 is 6.18 Å². The van der Waals surface area contributed by atoms with Crippen LogP contribution in [0.5, 0.6) is 0 Å². The summed E-state index contributed by atoms with van der Waals surface area (Å²) in [5.41, 5.74) is 5.05. The number of alkyl halides is 3. The van der Waals surface area contributed by atoms with Gasteiger partial charge in [0.05, 0.1) is 16.3 Å². The quantitative estimate of drug-likeness (QED) is 0.636. The Kier molecular flexibility index (Phi) is 4.03. The van der Waals surface area contributed by atoms with Crippen molar-refractivity contribution in [2.45, 2.75) is 20.0 Å². The van der Waals surface area contributed by atoms with Gasteiger partial charge in [-0.05, 0) is 18.2 Å². The minimum absolute atomic E-state index is 0.00774. The fourth-order valence-electron chi connectivity index (χ4n) is 1.04. The van der Waals surface area contributed by atoms with Crippen LogP contribution >= 0.6 is 11.6 Å². The third-order valence-corrected chi connectivity index (χ3v) is 2.42. The molecule has 0 aliphatic heterocycles. The Labute approximate surface area is 102 Å². The number of aliphatic imine (C=N–C) groups is 1. The first kappa shape index (κ1) is 13.8. The lowest BCUT2D eigenvalue weighted by Crippen LogP contribution is -2.18. The van der Waals surface area contributed by atoms with E-state index in [0.717, 1.165) is 12.1 Å². The van der Waals surface area contributed by atoms with E-state index >= 15 is 0 Å². The van der Waals surface area contributed by atoms with Crippen LogP contribution in [-0.2, 0) is 6.18 Å². The number of nitrogens with two attached hydrogens (primary N) is 1. The number of hydrogen-bond donors (Lipinski definition) is 1. The topological polar surface area (TPSA) is 38.4 Å². The number of hydrogen-bond acceptors (Lipinski definition) is 1. The minimum atomic E-state index is -4.41. The van der Waals surface area contributed by atoms with Gasteiger partial charge < -0.3 is 5.73 Å². The van der Waals surface area contributed by atoms with E-state index in [0.29, 0.717) is 5.84 Å². The second kappa shape index (κ2) is 4.96. The summed E-state index contributed by atoms with van der Waals surface area (Å²) in [5, 5.41) is -0.0663. The van der Waals surface area contributed by atoms with Crippen molar-refractivity contribution < 1.29 is 13.2 Å². The van der Waals surface area contributed by atoms with Gasteiger partial charge in [-0.3, -0.25) is 0 Å². The maximum atomic E-state index is 12.4. The van der Waals surface area contributed by atoms with Crippen LogP contribution in [0, 0.1) is 5.92 Å². The molecule has 0 aliphatic rings. The largest absolute Gasteiger partial charge is 0.416 e. The summed E-state index contributed by atoms with van der Waals surface area (Å²) < 4.78 is 37.1. The SMILES string of the molecule is CC(C)C(N)=Nc1ccc(C(F)(F)F)cc1Cl. The highest BCUT2D eigenvalue weighted by atomic mass is 35.5. The molecule has 0 unspecified atom stereocenters. The Morgan fingerprint density at radius 1 is 1.35 bits per heavy atom. The molecule has 94 valence electrons. The molecule has 0 bridgehead atoms. The molecule has 2 nitrogen and oxygen atoms in total. The van der Waals surface area contributed by atoms with Crippen LogP contribution in [-0.4, -0.2) is 5.84 Å². The monoisotopic (exact) mass is 264 g/mol. The Hall–Kier alpha value is -1.23. The first-order valence-electron chi connectivity index (χ1n) is 4.92. The average molecular weight is 265 g/mol. The van der Waals surface area contributed by atoms with E-state index in [2.05, 4.69) is 4.99 Å². The van der Waals surface area contributed by atoms with E-state index in [-0.39, 0.29) is 16.6 Å². The maximum Gasteiger partial charge on any atom is 0.416 e. The molecule has 0 amide bonds. The Morgan fingerprint density at radius 3 is 2.35 bits per heavy atom. The molecule has 0 radical (unpaired) electrons. The summed E-state index contributed by atoms with van der Waals surface area (Å²) in [6.07, 6.45) is -4.41. The summed E-state index contributed by atoms with van der Waals surface area (Å²) in [7, 11) is 0. The number of rotatable bonds is 2. The zero-order valence-corrected chi connectivity index (χ0v) is 10.1. The lowest BCUT2D eigenvalue weighted by molar-refractivity contribution is -0.137. The van der Waals surface area contributed by atoms with Gasteiger partial charge in [0.2, 0.25) is 0 Å². The molecule has 0 saturated heterocycles. The number of benzene rings is 1. The van der Waals surface area contributed by atoms with Crippen LogP contribution in [0.3, 0.4) is 0 Å². The minimum Gasteiger partial charge on any atom is -0.387 e. The van der Waals surface area contributed by atoms with Gasteiger partial charge in [0.25, 0.3) is 0 Å². The Bertz CT molecular complexity index is 439. The molecule has 0 spiro atoms. The molecule has 17 heavy (non-hydrogen) atoms. The normalized spacial score (nSPS) is 13.2. The van der Waals surface area contributed by atoms with Gasteiger partial charge in [-0.2, -0.15) is 13.2 Å². The van der Waals surface area contributed by atoms with Gasteiger partial charge in [-0.25, -0.2) is 4.99 Å². The second-order valence-corrected chi connectivity index (χ2v) is 4.26. The van der Waals surface area contributed by atoms with Crippen molar-refractivity contribution in [3.05, 3.63) is 28.8 Å². The van der Waals surface area contributed by atoms with Crippen LogP contribution < -0.4 is 5.73 Å². The zero-order chi connectivity index (χ0) is 13.2. The third-order valence-electron chi connectivity index (χ3n) is 2.12. The fraction of sp³-hybridized carbons (Fsp3) is 0.364. The van der Waals surface area contributed by atoms with Gasteiger partial charge in [0.1, 0.15) is 5.84 Å². The van der Waals surface area contributed by atoms with E-state index in [1.165, 1.54) is 6.07 Å². The van der Waals surface area contributed by atoms with Crippen LogP contribution in [0.2, 0.25) is 5.02 Å². The smallest absolute Gasteiger partial charge is 0.387 e. The fourth-order valence-corrected chi connectivity index (χ4v) is 1.26. The van der Waals surface area contributed by atoms with Gasteiger partial charge in [-0.1, -0.05) is 25.4 Å². The summed E-state index contributed by atoms with van der Waals surface area (Å²) in [6, 6.07) is 2.98. The second-order valence-electron chi connectivity index (χ2n) is 3.86. The van der Waals surface area contributed by atoms with Crippen molar-refractivity contribution in [1.29, 1.82) is 0 Å². The zero-order valence-electron chi connectivity index (χ0n) is 9.35. The summed E-state index contributed by atoms with van der Waals surface area (Å²) in [4.78, 5) is 3.98. The highest BCUT2D eigenvalue weighted by molar-refractivity contribution is 6.33. The first-order chi connectivity index (χ1) is 7.71. The standard InChI is InChI=1S/C11H12ClF3N2/c1-6(2)10(16)17-9-4-3-7(5-8(9)12)11(13,14)15/h3-6H,1-2H3,(H2,16,17). The number of nitrogens with zero attached hydrogens (tertiary/aromatic N) is 1. The predicted molar refractivity (Wildman–Crippen MR) is 62.6 cm³/mol. The van der Waals surface area contributed by atoms with Crippen molar-refractivity contribution >= 4 is 23.1 Å². The number of amidine groups is 1. The molecule has 0 saturated carbocycles. The molecule has 0 atom stereocenters.